The lowest BCUT2D eigenvalue weighted by molar-refractivity contribution is -0.605. The Morgan fingerprint density at radius 2 is 2.10 bits per heavy atom. The molecule has 1 aromatic carbocycles. The fourth-order valence-electron chi connectivity index (χ4n) is 4.45. The standard InChI is InChI=1S/C20H21N5O5S/c21-18-17-14(22-31(28,29)23-18)3-1-4-15(17)30-16-11-20(16)7-2-8-24(12-20)19(26)13-5-9-25(27)10-6-13/h1,3-6,9-10,16,22H,2,7-8,11-12H2,(H2,21,23)/t16-,20?/m1/s1. The van der Waals surface area contributed by atoms with Crippen molar-refractivity contribution in [1.82, 2.24) is 4.90 Å². The summed E-state index contributed by atoms with van der Waals surface area (Å²) < 4.78 is 36.3. The van der Waals surface area contributed by atoms with Crippen LogP contribution in [0.3, 0.4) is 0 Å². The molecule has 3 N–H and O–H groups in total. The number of piperidine rings is 1. The van der Waals surface area contributed by atoms with Gasteiger partial charge in [-0.3, -0.25) is 9.52 Å². The van der Waals surface area contributed by atoms with E-state index in [1.54, 1.807) is 18.2 Å². The van der Waals surface area contributed by atoms with Crippen molar-refractivity contribution in [3.63, 3.8) is 0 Å². The minimum atomic E-state index is -3.86. The van der Waals surface area contributed by atoms with Crippen molar-refractivity contribution in [2.75, 3.05) is 17.8 Å². The highest BCUT2D eigenvalue weighted by Gasteiger charge is 2.58. The minimum absolute atomic E-state index is 0.104. The van der Waals surface area contributed by atoms with Crippen molar-refractivity contribution in [2.45, 2.75) is 25.4 Å². The number of amides is 1. The molecule has 31 heavy (non-hydrogen) atoms. The number of nitrogens with two attached hydrogens (primary N) is 1. The number of rotatable bonds is 3. The molecule has 1 aromatic heterocycles. The summed E-state index contributed by atoms with van der Waals surface area (Å²) in [5.74, 6) is 0.252. The largest absolute Gasteiger partial charge is 0.619 e. The van der Waals surface area contributed by atoms with E-state index in [0.29, 0.717) is 40.4 Å². The van der Waals surface area contributed by atoms with Gasteiger partial charge in [-0.05, 0) is 31.4 Å². The van der Waals surface area contributed by atoms with E-state index in [-0.39, 0.29) is 23.3 Å². The van der Waals surface area contributed by atoms with Crippen LogP contribution in [0.5, 0.6) is 5.75 Å². The first kappa shape index (κ1) is 19.6. The third-order valence-corrected chi connectivity index (χ3v) is 6.98. The van der Waals surface area contributed by atoms with Crippen LogP contribution in [0.4, 0.5) is 5.69 Å². The molecule has 2 atom stereocenters. The Labute approximate surface area is 179 Å². The molecular formula is C20H21N5O5S. The van der Waals surface area contributed by atoms with Gasteiger partial charge in [-0.2, -0.15) is 13.1 Å². The summed E-state index contributed by atoms with van der Waals surface area (Å²) in [7, 11) is -3.86. The highest BCUT2D eigenvalue weighted by atomic mass is 32.2. The van der Waals surface area contributed by atoms with Gasteiger partial charge in [-0.25, -0.2) is 0 Å². The second kappa shape index (κ2) is 6.84. The molecule has 1 saturated heterocycles. The van der Waals surface area contributed by atoms with E-state index in [9.17, 15) is 18.4 Å². The van der Waals surface area contributed by atoms with Crippen LogP contribution >= 0.6 is 0 Å². The summed E-state index contributed by atoms with van der Waals surface area (Å²) in [6, 6.07) is 8.09. The van der Waals surface area contributed by atoms with Crippen LogP contribution in [-0.2, 0) is 10.2 Å². The average Bonchev–Trinajstić information content (AvgIpc) is 3.36. The van der Waals surface area contributed by atoms with Crippen LogP contribution in [0.25, 0.3) is 0 Å². The SMILES string of the molecule is NC1=NS(=O)(=O)Nc2cccc(O[C@@H]3CC34CCCN(C(=O)c3cc[n+]([O-])cc3)C4)c21. The highest BCUT2D eigenvalue weighted by molar-refractivity contribution is 7.91. The van der Waals surface area contributed by atoms with Gasteiger partial charge in [-0.1, -0.05) is 6.07 Å². The molecule has 1 spiro atoms. The van der Waals surface area contributed by atoms with Crippen LogP contribution in [0, 0.1) is 10.6 Å². The average molecular weight is 443 g/mol. The molecule has 10 nitrogen and oxygen atoms in total. The number of likely N-dealkylation sites (tertiary alicyclic amines) is 1. The lowest BCUT2D eigenvalue weighted by Crippen LogP contribution is -2.42. The van der Waals surface area contributed by atoms with E-state index in [0.717, 1.165) is 19.3 Å². The lowest BCUT2D eigenvalue weighted by Gasteiger charge is -2.33. The molecule has 3 heterocycles. The van der Waals surface area contributed by atoms with E-state index >= 15 is 0 Å². The second-order valence-corrected chi connectivity index (χ2v) is 9.52. The summed E-state index contributed by atoms with van der Waals surface area (Å²) in [6.07, 6.45) is 5.10. The van der Waals surface area contributed by atoms with E-state index in [2.05, 4.69) is 9.12 Å². The van der Waals surface area contributed by atoms with Crippen molar-refractivity contribution in [2.24, 2.45) is 15.5 Å². The van der Waals surface area contributed by atoms with E-state index in [1.807, 2.05) is 4.90 Å². The molecule has 0 bridgehead atoms. The minimum Gasteiger partial charge on any atom is -0.619 e. The van der Waals surface area contributed by atoms with Gasteiger partial charge in [0.2, 0.25) is 0 Å². The van der Waals surface area contributed by atoms with Gasteiger partial charge in [0.05, 0.1) is 16.8 Å². The van der Waals surface area contributed by atoms with Gasteiger partial charge in [0.1, 0.15) is 11.9 Å². The Bertz CT molecular complexity index is 1200. The van der Waals surface area contributed by atoms with Gasteiger partial charge in [0.25, 0.3) is 5.91 Å². The van der Waals surface area contributed by atoms with E-state index < -0.39 is 10.2 Å². The lowest BCUT2D eigenvalue weighted by atomic mass is 9.94. The summed E-state index contributed by atoms with van der Waals surface area (Å²) in [5, 5.41) is 11.2. The molecule has 2 aromatic rings. The van der Waals surface area contributed by atoms with Gasteiger partial charge in [0, 0.05) is 30.6 Å². The number of hydrogen-bond donors (Lipinski definition) is 2. The number of benzene rings is 1. The fraction of sp³-hybridized carbons (Fsp3) is 0.350. The zero-order valence-electron chi connectivity index (χ0n) is 16.5. The molecule has 1 saturated carbocycles. The Morgan fingerprint density at radius 1 is 1.32 bits per heavy atom. The Morgan fingerprint density at radius 3 is 2.87 bits per heavy atom. The maximum absolute atomic E-state index is 12.9. The number of pyridine rings is 1. The number of aromatic nitrogens is 1. The molecule has 2 aliphatic heterocycles. The number of nitrogens with one attached hydrogen (secondary N) is 1. The summed E-state index contributed by atoms with van der Waals surface area (Å²) in [5.41, 5.74) is 7.00. The molecule has 11 heteroatoms. The Hall–Kier alpha value is -3.34. The molecule has 3 aliphatic rings. The predicted octanol–water partition coefficient (Wildman–Crippen LogP) is 0.769. The topological polar surface area (TPSA) is 141 Å². The zero-order chi connectivity index (χ0) is 21.8. The first-order chi connectivity index (χ1) is 14.8. The number of amidine groups is 1. The van der Waals surface area contributed by atoms with Gasteiger partial charge >= 0.3 is 10.2 Å². The van der Waals surface area contributed by atoms with E-state index in [4.69, 9.17) is 10.5 Å². The number of carbonyl (C=O) groups is 1. The Kier molecular flexibility index (Phi) is 4.33. The third-order valence-electron chi connectivity index (χ3n) is 6.07. The van der Waals surface area contributed by atoms with Crippen molar-refractivity contribution in [1.29, 1.82) is 0 Å². The number of anilines is 1. The normalized spacial score (nSPS) is 25.9. The summed E-state index contributed by atoms with van der Waals surface area (Å²) >= 11 is 0. The monoisotopic (exact) mass is 443 g/mol. The molecule has 2 fully saturated rings. The molecule has 1 aliphatic carbocycles. The van der Waals surface area contributed by atoms with Crippen LogP contribution in [-0.4, -0.2) is 44.3 Å². The maximum Gasteiger partial charge on any atom is 0.344 e. The molecule has 1 unspecified atom stereocenters. The third kappa shape index (κ3) is 3.54. The number of fused-ring (bicyclic) bond motifs is 1. The van der Waals surface area contributed by atoms with Crippen LogP contribution in [0.2, 0.25) is 0 Å². The molecule has 0 radical (unpaired) electrons. The number of nitrogens with zero attached hydrogens (tertiary/aromatic N) is 3. The number of hydrogen-bond acceptors (Lipinski definition) is 6. The maximum atomic E-state index is 12.9. The summed E-state index contributed by atoms with van der Waals surface area (Å²) in [6.45, 7) is 1.22. The van der Waals surface area contributed by atoms with Gasteiger partial charge in [-0.15, -0.1) is 4.40 Å². The van der Waals surface area contributed by atoms with Gasteiger partial charge < -0.3 is 20.6 Å². The van der Waals surface area contributed by atoms with Crippen molar-refractivity contribution in [3.8, 4) is 5.75 Å². The van der Waals surface area contributed by atoms with E-state index in [1.165, 1.54) is 24.5 Å². The first-order valence-corrected chi connectivity index (χ1v) is 11.4. The quantitative estimate of drug-likeness (QED) is 0.530. The van der Waals surface area contributed by atoms with Crippen molar-refractivity contribution >= 4 is 27.6 Å². The first-order valence-electron chi connectivity index (χ1n) is 9.93. The van der Waals surface area contributed by atoms with Crippen LogP contribution < -0.4 is 19.9 Å². The molecule has 5 rings (SSSR count). The predicted molar refractivity (Wildman–Crippen MR) is 112 cm³/mol. The molecule has 1 amide bonds. The van der Waals surface area contributed by atoms with Gasteiger partial charge in [0.15, 0.2) is 18.2 Å². The second-order valence-electron chi connectivity index (χ2n) is 8.18. The summed E-state index contributed by atoms with van der Waals surface area (Å²) in [4.78, 5) is 14.7. The van der Waals surface area contributed by atoms with Crippen molar-refractivity contribution < 1.29 is 22.7 Å². The smallest absolute Gasteiger partial charge is 0.344 e. The fourth-order valence-corrected chi connectivity index (χ4v) is 5.29. The Balaban J connectivity index is 1.33. The van der Waals surface area contributed by atoms with Crippen LogP contribution in [0.15, 0.2) is 47.1 Å². The highest BCUT2D eigenvalue weighted by Crippen LogP contribution is 2.54. The number of ether oxygens (including phenoxy) is 1. The van der Waals surface area contributed by atoms with Crippen molar-refractivity contribution in [3.05, 3.63) is 59.1 Å². The van der Waals surface area contributed by atoms with Crippen LogP contribution in [0.1, 0.15) is 35.2 Å². The number of carbonyl (C=O) groups excluding carboxylic acids is 1. The molecular weight excluding hydrogens is 422 g/mol. The molecule has 162 valence electrons. The zero-order valence-corrected chi connectivity index (χ0v) is 17.3.